The Kier molecular flexibility index (Phi) is 4.84. The number of rotatable bonds is 5. The van der Waals surface area contributed by atoms with Gasteiger partial charge in [-0.15, -0.1) is 11.3 Å². The summed E-state index contributed by atoms with van der Waals surface area (Å²) in [7, 11) is 3.74. The molecule has 0 saturated carbocycles. The molecule has 0 aliphatic heterocycles. The Morgan fingerprint density at radius 3 is 2.30 bits per heavy atom. The first kappa shape index (κ1) is 15.1. The van der Waals surface area contributed by atoms with Crippen molar-refractivity contribution >= 4 is 11.3 Å². The normalized spacial score (nSPS) is 12.4. The molecular formula is C17H23NOS. The first-order valence-corrected chi connectivity index (χ1v) is 7.79. The second-order valence-corrected chi connectivity index (χ2v) is 6.25. The molecule has 0 amide bonds. The van der Waals surface area contributed by atoms with Gasteiger partial charge in [-0.25, -0.2) is 0 Å². The van der Waals surface area contributed by atoms with E-state index < -0.39 is 0 Å². The highest BCUT2D eigenvalue weighted by Gasteiger charge is 2.15. The van der Waals surface area contributed by atoms with Gasteiger partial charge < -0.3 is 10.1 Å². The average Bonchev–Trinajstić information content (AvgIpc) is 2.86. The molecule has 0 aliphatic rings. The molecule has 1 unspecified atom stereocenters. The zero-order valence-corrected chi connectivity index (χ0v) is 13.7. The molecule has 2 rings (SSSR count). The Morgan fingerprint density at radius 2 is 1.80 bits per heavy atom. The molecule has 1 heterocycles. The number of benzene rings is 1. The van der Waals surface area contributed by atoms with Crippen LogP contribution in [0.3, 0.4) is 0 Å². The van der Waals surface area contributed by atoms with Crippen molar-refractivity contribution in [3.8, 4) is 5.75 Å². The van der Waals surface area contributed by atoms with Crippen LogP contribution in [0.2, 0.25) is 0 Å². The van der Waals surface area contributed by atoms with Crippen molar-refractivity contribution in [1.29, 1.82) is 0 Å². The van der Waals surface area contributed by atoms with E-state index in [1.165, 1.54) is 27.1 Å². The summed E-state index contributed by atoms with van der Waals surface area (Å²) < 4.78 is 5.29. The zero-order chi connectivity index (χ0) is 14.7. The van der Waals surface area contributed by atoms with E-state index >= 15 is 0 Å². The van der Waals surface area contributed by atoms with Gasteiger partial charge in [0.1, 0.15) is 5.75 Å². The highest BCUT2D eigenvalue weighted by molar-refractivity contribution is 7.10. The minimum atomic E-state index is 0.337. The lowest BCUT2D eigenvalue weighted by molar-refractivity contribution is 0.416. The summed E-state index contributed by atoms with van der Waals surface area (Å²) in [6.07, 6.45) is 1.01. The fourth-order valence-electron chi connectivity index (χ4n) is 2.71. The van der Waals surface area contributed by atoms with E-state index in [0.29, 0.717) is 6.04 Å². The lowest BCUT2D eigenvalue weighted by Gasteiger charge is -2.18. The molecular weight excluding hydrogens is 266 g/mol. The number of methoxy groups -OCH3 is 1. The molecule has 0 saturated heterocycles. The molecule has 2 aromatic rings. The van der Waals surface area contributed by atoms with Gasteiger partial charge in [0, 0.05) is 16.3 Å². The van der Waals surface area contributed by atoms with Crippen LogP contribution in [0.15, 0.2) is 23.6 Å². The van der Waals surface area contributed by atoms with Crippen LogP contribution in [0.25, 0.3) is 0 Å². The van der Waals surface area contributed by atoms with Crippen LogP contribution >= 0.6 is 11.3 Å². The third-order valence-electron chi connectivity index (χ3n) is 3.77. The highest BCUT2D eigenvalue weighted by Crippen LogP contribution is 2.30. The molecule has 3 heteroatoms. The van der Waals surface area contributed by atoms with Gasteiger partial charge in [0.25, 0.3) is 0 Å². The summed E-state index contributed by atoms with van der Waals surface area (Å²) in [6, 6.07) is 7.00. The minimum absolute atomic E-state index is 0.337. The lowest BCUT2D eigenvalue weighted by atomic mass is 9.94. The molecule has 0 fully saturated rings. The number of ether oxygens (including phenoxy) is 1. The Labute approximate surface area is 125 Å². The maximum absolute atomic E-state index is 5.29. The van der Waals surface area contributed by atoms with E-state index in [4.69, 9.17) is 4.74 Å². The van der Waals surface area contributed by atoms with Crippen LogP contribution in [-0.4, -0.2) is 14.2 Å². The van der Waals surface area contributed by atoms with Crippen LogP contribution in [0.1, 0.15) is 33.2 Å². The second-order valence-electron chi connectivity index (χ2n) is 5.31. The Morgan fingerprint density at radius 1 is 1.15 bits per heavy atom. The standard InChI is InChI=1S/C17H23NOS/c1-11-6-12(2)15(13(3)7-11)9-16(18-4)17-8-14(19-5)10-20-17/h6-8,10,16,18H,9H2,1-5H3. The summed E-state index contributed by atoms with van der Waals surface area (Å²) in [6.45, 7) is 6.57. The lowest BCUT2D eigenvalue weighted by Crippen LogP contribution is -2.18. The number of nitrogens with one attached hydrogen (secondary N) is 1. The van der Waals surface area contributed by atoms with Crippen LogP contribution < -0.4 is 10.1 Å². The van der Waals surface area contributed by atoms with E-state index in [2.05, 4.69) is 49.7 Å². The van der Waals surface area contributed by atoms with E-state index in [9.17, 15) is 0 Å². The summed E-state index contributed by atoms with van der Waals surface area (Å²) in [5, 5.41) is 5.49. The van der Waals surface area contributed by atoms with Gasteiger partial charge in [-0.05, 0) is 57.0 Å². The molecule has 2 nitrogen and oxygen atoms in total. The van der Waals surface area contributed by atoms with Gasteiger partial charge in [0.15, 0.2) is 0 Å². The summed E-state index contributed by atoms with van der Waals surface area (Å²) in [5.74, 6) is 0.947. The molecule has 1 aromatic carbocycles. The average molecular weight is 289 g/mol. The Bertz CT molecular complexity index is 565. The van der Waals surface area contributed by atoms with Crippen molar-refractivity contribution in [3.05, 3.63) is 50.7 Å². The third-order valence-corrected chi connectivity index (χ3v) is 4.80. The quantitative estimate of drug-likeness (QED) is 0.891. The van der Waals surface area contributed by atoms with Gasteiger partial charge in [0.05, 0.1) is 7.11 Å². The smallest absolute Gasteiger partial charge is 0.129 e. The van der Waals surface area contributed by atoms with Crippen molar-refractivity contribution in [1.82, 2.24) is 5.32 Å². The SMILES string of the molecule is CNC(Cc1c(C)cc(C)cc1C)c1cc(OC)cs1. The van der Waals surface area contributed by atoms with Crippen LogP contribution in [0.5, 0.6) is 5.75 Å². The second kappa shape index (κ2) is 6.42. The number of aryl methyl sites for hydroxylation is 3. The number of thiophene rings is 1. The summed E-state index contributed by atoms with van der Waals surface area (Å²) >= 11 is 1.75. The van der Waals surface area contributed by atoms with Crippen LogP contribution in [0, 0.1) is 20.8 Å². The van der Waals surface area contributed by atoms with Crippen molar-refractivity contribution in [2.24, 2.45) is 0 Å². The summed E-state index contributed by atoms with van der Waals surface area (Å²) in [5.41, 5.74) is 5.54. The van der Waals surface area contributed by atoms with Crippen molar-refractivity contribution < 1.29 is 4.74 Å². The van der Waals surface area contributed by atoms with Gasteiger partial charge in [-0.2, -0.15) is 0 Å². The fourth-order valence-corrected chi connectivity index (χ4v) is 3.67. The largest absolute Gasteiger partial charge is 0.496 e. The molecule has 20 heavy (non-hydrogen) atoms. The monoisotopic (exact) mass is 289 g/mol. The van der Waals surface area contributed by atoms with Gasteiger partial charge in [-0.1, -0.05) is 17.7 Å². The molecule has 1 aromatic heterocycles. The number of likely N-dealkylation sites (N-methyl/N-ethyl adjacent to an activating group) is 1. The first-order valence-electron chi connectivity index (χ1n) is 6.91. The Balaban J connectivity index is 2.26. The molecule has 0 bridgehead atoms. The van der Waals surface area contributed by atoms with Gasteiger partial charge >= 0.3 is 0 Å². The minimum Gasteiger partial charge on any atom is -0.496 e. The first-order chi connectivity index (χ1) is 9.55. The molecule has 1 atom stereocenters. The predicted octanol–water partition coefficient (Wildman–Crippen LogP) is 4.19. The molecule has 0 aliphatic carbocycles. The Hall–Kier alpha value is -1.32. The van der Waals surface area contributed by atoms with Crippen molar-refractivity contribution in [2.45, 2.75) is 33.2 Å². The summed E-state index contributed by atoms with van der Waals surface area (Å²) in [4.78, 5) is 1.32. The van der Waals surface area contributed by atoms with Gasteiger partial charge in [-0.3, -0.25) is 0 Å². The molecule has 0 radical (unpaired) electrons. The molecule has 0 spiro atoms. The van der Waals surface area contributed by atoms with E-state index in [1.54, 1.807) is 18.4 Å². The third kappa shape index (κ3) is 3.22. The van der Waals surface area contributed by atoms with Crippen LogP contribution in [-0.2, 0) is 6.42 Å². The highest BCUT2D eigenvalue weighted by atomic mass is 32.1. The van der Waals surface area contributed by atoms with Gasteiger partial charge in [0.2, 0.25) is 0 Å². The predicted molar refractivity (Wildman–Crippen MR) is 87.0 cm³/mol. The van der Waals surface area contributed by atoms with E-state index in [0.717, 1.165) is 12.2 Å². The number of hydrogen-bond acceptors (Lipinski definition) is 3. The van der Waals surface area contributed by atoms with Crippen molar-refractivity contribution in [3.63, 3.8) is 0 Å². The zero-order valence-electron chi connectivity index (χ0n) is 12.9. The van der Waals surface area contributed by atoms with E-state index in [-0.39, 0.29) is 0 Å². The molecule has 108 valence electrons. The maximum atomic E-state index is 5.29. The topological polar surface area (TPSA) is 21.3 Å². The van der Waals surface area contributed by atoms with E-state index in [1.807, 2.05) is 7.05 Å². The van der Waals surface area contributed by atoms with Crippen molar-refractivity contribution in [2.75, 3.05) is 14.2 Å². The van der Waals surface area contributed by atoms with Crippen LogP contribution in [0.4, 0.5) is 0 Å². The fraction of sp³-hybridized carbons (Fsp3) is 0.412. The maximum Gasteiger partial charge on any atom is 0.129 e. The molecule has 1 N–H and O–H groups in total. The number of hydrogen-bond donors (Lipinski definition) is 1.